The fourth-order valence-corrected chi connectivity index (χ4v) is 3.62. The number of rotatable bonds is 6. The lowest BCUT2D eigenvalue weighted by Gasteiger charge is -2.10. The summed E-state index contributed by atoms with van der Waals surface area (Å²) in [5.74, 6) is -0.300. The highest BCUT2D eigenvalue weighted by atomic mass is 35.5. The first-order valence-electron chi connectivity index (χ1n) is 8.15. The van der Waals surface area contributed by atoms with Crippen LogP contribution in [0.3, 0.4) is 0 Å². The average molecular weight is 401 g/mol. The molecule has 27 heavy (non-hydrogen) atoms. The Kier molecular flexibility index (Phi) is 5.78. The van der Waals surface area contributed by atoms with Gasteiger partial charge < -0.3 is 5.32 Å². The smallest absolute Gasteiger partial charge is 0.261 e. The van der Waals surface area contributed by atoms with Crippen LogP contribution in [0.2, 0.25) is 5.02 Å². The monoisotopic (exact) mass is 400 g/mol. The molecule has 3 aromatic carbocycles. The minimum atomic E-state index is -3.71. The third kappa shape index (κ3) is 5.09. The van der Waals surface area contributed by atoms with Gasteiger partial charge in [0.05, 0.1) is 4.90 Å². The number of hydrogen-bond donors (Lipinski definition) is 2. The van der Waals surface area contributed by atoms with Gasteiger partial charge in [-0.1, -0.05) is 48.0 Å². The van der Waals surface area contributed by atoms with E-state index in [9.17, 15) is 13.2 Å². The summed E-state index contributed by atoms with van der Waals surface area (Å²) in [6.07, 6.45) is 0. The Labute approximate surface area is 163 Å². The number of sulfonamides is 1. The van der Waals surface area contributed by atoms with Gasteiger partial charge in [0, 0.05) is 22.8 Å². The maximum Gasteiger partial charge on any atom is 0.261 e. The van der Waals surface area contributed by atoms with E-state index < -0.39 is 10.0 Å². The van der Waals surface area contributed by atoms with Gasteiger partial charge in [-0.05, 0) is 48.0 Å². The Morgan fingerprint density at radius 3 is 2.30 bits per heavy atom. The minimum Gasteiger partial charge on any atom is -0.348 e. The Morgan fingerprint density at radius 1 is 0.889 bits per heavy atom. The second-order valence-electron chi connectivity index (χ2n) is 5.81. The number of amides is 1. The number of carbonyl (C=O) groups excluding carboxylic acids is 1. The molecule has 0 aliphatic heterocycles. The van der Waals surface area contributed by atoms with Gasteiger partial charge >= 0.3 is 0 Å². The zero-order chi connectivity index (χ0) is 19.3. The van der Waals surface area contributed by atoms with Gasteiger partial charge in [0.15, 0.2) is 0 Å². The van der Waals surface area contributed by atoms with Crippen LogP contribution in [-0.2, 0) is 16.6 Å². The molecular weight excluding hydrogens is 384 g/mol. The van der Waals surface area contributed by atoms with Crippen LogP contribution >= 0.6 is 11.6 Å². The van der Waals surface area contributed by atoms with Gasteiger partial charge in [-0.15, -0.1) is 0 Å². The molecule has 0 radical (unpaired) electrons. The van der Waals surface area contributed by atoms with Gasteiger partial charge in [-0.25, -0.2) is 8.42 Å². The summed E-state index contributed by atoms with van der Waals surface area (Å²) < 4.78 is 27.3. The van der Waals surface area contributed by atoms with Crippen molar-refractivity contribution < 1.29 is 13.2 Å². The number of nitrogens with one attached hydrogen (secondary N) is 2. The van der Waals surface area contributed by atoms with Crippen LogP contribution < -0.4 is 10.0 Å². The minimum absolute atomic E-state index is 0.155. The number of hydrogen-bond acceptors (Lipinski definition) is 3. The summed E-state index contributed by atoms with van der Waals surface area (Å²) >= 11 is 5.84. The third-order valence-corrected chi connectivity index (χ3v) is 5.45. The van der Waals surface area contributed by atoms with Crippen molar-refractivity contribution in [1.82, 2.24) is 5.32 Å². The second-order valence-corrected chi connectivity index (χ2v) is 7.93. The highest BCUT2D eigenvalue weighted by Gasteiger charge is 2.14. The molecule has 0 saturated heterocycles. The summed E-state index contributed by atoms with van der Waals surface area (Å²) in [6.45, 7) is 0.343. The molecule has 0 spiro atoms. The van der Waals surface area contributed by atoms with E-state index in [0.717, 1.165) is 5.56 Å². The van der Waals surface area contributed by atoms with E-state index in [1.165, 1.54) is 18.2 Å². The van der Waals surface area contributed by atoms with Crippen molar-refractivity contribution in [1.29, 1.82) is 0 Å². The van der Waals surface area contributed by atoms with E-state index in [2.05, 4.69) is 10.0 Å². The van der Waals surface area contributed by atoms with Crippen molar-refractivity contribution in [2.24, 2.45) is 0 Å². The lowest BCUT2D eigenvalue weighted by atomic mass is 10.2. The molecule has 0 aromatic heterocycles. The van der Waals surface area contributed by atoms with Crippen molar-refractivity contribution in [3.05, 3.63) is 95.0 Å². The molecule has 0 heterocycles. The largest absolute Gasteiger partial charge is 0.348 e. The van der Waals surface area contributed by atoms with E-state index in [0.29, 0.717) is 22.8 Å². The van der Waals surface area contributed by atoms with Gasteiger partial charge in [-0.2, -0.15) is 0 Å². The summed E-state index contributed by atoms with van der Waals surface area (Å²) in [5, 5.41) is 3.43. The van der Waals surface area contributed by atoms with Gasteiger partial charge in [0.25, 0.3) is 15.9 Å². The highest BCUT2D eigenvalue weighted by Crippen LogP contribution is 2.17. The molecular formula is C20H17ClN2O3S. The van der Waals surface area contributed by atoms with Crippen LogP contribution in [0.5, 0.6) is 0 Å². The summed E-state index contributed by atoms with van der Waals surface area (Å²) in [7, 11) is -3.71. The van der Waals surface area contributed by atoms with Crippen molar-refractivity contribution in [3.8, 4) is 0 Å². The van der Waals surface area contributed by atoms with E-state index >= 15 is 0 Å². The molecule has 0 aliphatic carbocycles. The van der Waals surface area contributed by atoms with Crippen LogP contribution in [0.15, 0.2) is 83.8 Å². The molecule has 0 unspecified atom stereocenters. The molecule has 3 rings (SSSR count). The van der Waals surface area contributed by atoms with Crippen molar-refractivity contribution in [2.75, 3.05) is 4.72 Å². The molecule has 0 bridgehead atoms. The van der Waals surface area contributed by atoms with Crippen LogP contribution in [0, 0.1) is 0 Å². The van der Waals surface area contributed by atoms with E-state index in [1.807, 2.05) is 12.1 Å². The maximum absolute atomic E-state index is 12.4. The molecule has 7 heteroatoms. The Balaban J connectivity index is 1.69. The standard InChI is InChI=1S/C20H17ClN2O3S/c21-17-11-9-15(10-12-17)14-22-20(24)16-5-4-6-18(13-16)23-27(25,26)19-7-2-1-3-8-19/h1-13,23H,14H2,(H,22,24). The maximum atomic E-state index is 12.4. The van der Waals surface area contributed by atoms with Crippen molar-refractivity contribution in [3.63, 3.8) is 0 Å². The van der Waals surface area contributed by atoms with Crippen LogP contribution in [0.1, 0.15) is 15.9 Å². The van der Waals surface area contributed by atoms with E-state index in [4.69, 9.17) is 11.6 Å². The number of benzene rings is 3. The van der Waals surface area contributed by atoms with Gasteiger partial charge in [0.2, 0.25) is 0 Å². The molecule has 138 valence electrons. The zero-order valence-electron chi connectivity index (χ0n) is 14.2. The van der Waals surface area contributed by atoms with Gasteiger partial charge in [0.1, 0.15) is 0 Å². The molecule has 0 saturated carbocycles. The molecule has 0 atom stereocenters. The van der Waals surface area contributed by atoms with E-state index in [-0.39, 0.29) is 10.8 Å². The lowest BCUT2D eigenvalue weighted by molar-refractivity contribution is 0.0951. The first-order chi connectivity index (χ1) is 12.9. The van der Waals surface area contributed by atoms with Crippen molar-refractivity contribution >= 4 is 33.2 Å². The molecule has 0 fully saturated rings. The molecule has 1 amide bonds. The number of carbonyl (C=O) groups is 1. The van der Waals surface area contributed by atoms with Crippen molar-refractivity contribution in [2.45, 2.75) is 11.4 Å². The Bertz CT molecular complexity index is 1040. The zero-order valence-corrected chi connectivity index (χ0v) is 15.8. The second kappa shape index (κ2) is 8.24. The number of anilines is 1. The summed E-state index contributed by atoms with van der Waals surface area (Å²) in [6, 6.07) is 21.5. The molecule has 0 aliphatic rings. The third-order valence-electron chi connectivity index (χ3n) is 3.80. The van der Waals surface area contributed by atoms with Crippen LogP contribution in [0.4, 0.5) is 5.69 Å². The fraction of sp³-hybridized carbons (Fsp3) is 0.0500. The topological polar surface area (TPSA) is 75.3 Å². The molecule has 3 aromatic rings. The Hall–Kier alpha value is -2.83. The Morgan fingerprint density at radius 2 is 1.59 bits per heavy atom. The normalized spacial score (nSPS) is 11.0. The predicted octanol–water partition coefficient (Wildman–Crippen LogP) is 4.07. The highest BCUT2D eigenvalue weighted by molar-refractivity contribution is 7.92. The first-order valence-corrected chi connectivity index (χ1v) is 10.0. The van der Waals surface area contributed by atoms with Gasteiger partial charge in [-0.3, -0.25) is 9.52 Å². The average Bonchev–Trinajstić information content (AvgIpc) is 2.68. The fourth-order valence-electron chi connectivity index (χ4n) is 2.42. The van der Waals surface area contributed by atoms with Crippen LogP contribution in [-0.4, -0.2) is 14.3 Å². The quantitative estimate of drug-likeness (QED) is 0.654. The first kappa shape index (κ1) is 18.9. The summed E-state index contributed by atoms with van der Waals surface area (Å²) in [4.78, 5) is 12.5. The molecule has 2 N–H and O–H groups in total. The lowest BCUT2D eigenvalue weighted by Crippen LogP contribution is -2.23. The predicted molar refractivity (Wildman–Crippen MR) is 106 cm³/mol. The van der Waals surface area contributed by atoms with Crippen LogP contribution in [0.25, 0.3) is 0 Å². The molecule has 5 nitrogen and oxygen atoms in total. The summed E-state index contributed by atoms with van der Waals surface area (Å²) in [5.41, 5.74) is 1.59. The SMILES string of the molecule is O=C(NCc1ccc(Cl)cc1)c1cccc(NS(=O)(=O)c2ccccc2)c1. The number of halogens is 1. The van der Waals surface area contributed by atoms with E-state index in [1.54, 1.807) is 48.5 Å².